The fourth-order valence-corrected chi connectivity index (χ4v) is 2.77. The number of hydrogen-bond acceptors (Lipinski definition) is 6. The van der Waals surface area contributed by atoms with Crippen molar-refractivity contribution in [2.24, 2.45) is 0 Å². The van der Waals surface area contributed by atoms with Crippen LogP contribution in [0.25, 0.3) is 0 Å². The quantitative estimate of drug-likeness (QED) is 0.449. The van der Waals surface area contributed by atoms with E-state index in [2.05, 4.69) is 10.6 Å². The largest absolute Gasteiger partial charge is 0.322 e. The van der Waals surface area contributed by atoms with E-state index in [1.165, 1.54) is 12.1 Å². The average Bonchev–Trinajstić information content (AvgIpc) is 2.74. The summed E-state index contributed by atoms with van der Waals surface area (Å²) in [5, 5.41) is 27.2. The molecule has 0 atom stereocenters. The molecule has 3 aromatic carbocycles. The fourth-order valence-electron chi connectivity index (χ4n) is 2.77. The molecule has 0 spiro atoms. The maximum Gasteiger partial charge on any atom is 0.277 e. The third-order valence-corrected chi connectivity index (χ3v) is 4.27. The van der Waals surface area contributed by atoms with Crippen LogP contribution in [0.2, 0.25) is 0 Å². The third-order valence-electron chi connectivity index (χ3n) is 4.27. The minimum atomic E-state index is -0.810. The molecule has 0 aliphatic rings. The lowest BCUT2D eigenvalue weighted by molar-refractivity contribution is -0.394. The number of carbonyl (C=O) groups is 2. The Morgan fingerprint density at radius 2 is 1.19 bits per heavy atom. The van der Waals surface area contributed by atoms with Crippen molar-refractivity contribution in [2.75, 3.05) is 10.6 Å². The first kappa shape index (κ1) is 21.1. The minimum Gasteiger partial charge on any atom is -0.322 e. The number of rotatable bonds is 6. The number of nitro benzene ring substituents is 2. The van der Waals surface area contributed by atoms with Gasteiger partial charge in [0.1, 0.15) is 0 Å². The highest BCUT2D eigenvalue weighted by Gasteiger charge is 2.20. The van der Waals surface area contributed by atoms with Gasteiger partial charge < -0.3 is 10.6 Å². The predicted molar refractivity (Wildman–Crippen MR) is 113 cm³/mol. The van der Waals surface area contributed by atoms with Gasteiger partial charge in [0.25, 0.3) is 23.2 Å². The third kappa shape index (κ3) is 5.26. The number of non-ortho nitro benzene ring substituents is 2. The van der Waals surface area contributed by atoms with Crippen molar-refractivity contribution >= 4 is 34.6 Å². The summed E-state index contributed by atoms with van der Waals surface area (Å²) in [6.45, 7) is 1.88. The highest BCUT2D eigenvalue weighted by atomic mass is 16.6. The Labute approximate surface area is 175 Å². The Hall–Kier alpha value is -4.60. The van der Waals surface area contributed by atoms with E-state index in [0.29, 0.717) is 16.9 Å². The second kappa shape index (κ2) is 8.82. The Balaban J connectivity index is 1.72. The number of anilines is 2. The van der Waals surface area contributed by atoms with Gasteiger partial charge in [-0.25, -0.2) is 0 Å². The zero-order valence-electron chi connectivity index (χ0n) is 16.2. The van der Waals surface area contributed by atoms with Gasteiger partial charge in [0, 0.05) is 29.1 Å². The van der Waals surface area contributed by atoms with E-state index in [4.69, 9.17) is 0 Å². The van der Waals surface area contributed by atoms with Crippen LogP contribution in [0.15, 0.2) is 66.7 Å². The topological polar surface area (TPSA) is 144 Å². The van der Waals surface area contributed by atoms with E-state index < -0.39 is 27.1 Å². The molecule has 0 heterocycles. The van der Waals surface area contributed by atoms with E-state index in [1.807, 2.05) is 13.0 Å². The molecule has 3 aromatic rings. The Morgan fingerprint density at radius 3 is 1.65 bits per heavy atom. The van der Waals surface area contributed by atoms with Crippen LogP contribution in [0.4, 0.5) is 22.7 Å². The average molecular weight is 420 g/mol. The van der Waals surface area contributed by atoms with Crippen molar-refractivity contribution in [1.29, 1.82) is 0 Å². The molecule has 0 aliphatic carbocycles. The zero-order chi connectivity index (χ0) is 22.5. The van der Waals surface area contributed by atoms with Gasteiger partial charge in [0.2, 0.25) is 0 Å². The molecule has 31 heavy (non-hydrogen) atoms. The summed E-state index contributed by atoms with van der Waals surface area (Å²) in [6.07, 6.45) is 0. The Kier molecular flexibility index (Phi) is 6.01. The Morgan fingerprint density at radius 1 is 0.710 bits per heavy atom. The van der Waals surface area contributed by atoms with E-state index in [9.17, 15) is 29.8 Å². The Bertz CT molecular complexity index is 1160. The number of nitro groups is 2. The van der Waals surface area contributed by atoms with Crippen LogP contribution in [0.3, 0.4) is 0 Å². The lowest BCUT2D eigenvalue weighted by Crippen LogP contribution is -2.13. The number of aryl methyl sites for hydroxylation is 1. The summed E-state index contributed by atoms with van der Waals surface area (Å²) in [6, 6.07) is 16.0. The standard InChI is InChI=1S/C21H16N4O6/c1-13-3-2-4-14(9-13)20(26)22-16-5-7-17(8-6-16)23-21(27)15-10-18(24(28)29)12-19(11-15)25(30)31/h2-12H,1H3,(H,22,26)(H,23,27). The van der Waals surface area contributed by atoms with E-state index >= 15 is 0 Å². The number of nitrogens with one attached hydrogen (secondary N) is 2. The van der Waals surface area contributed by atoms with Gasteiger partial charge in [0.05, 0.1) is 21.5 Å². The first-order chi connectivity index (χ1) is 14.7. The van der Waals surface area contributed by atoms with Crippen LogP contribution in [0, 0.1) is 27.2 Å². The number of nitrogens with zero attached hydrogens (tertiary/aromatic N) is 2. The molecule has 0 saturated heterocycles. The highest BCUT2D eigenvalue weighted by molar-refractivity contribution is 6.06. The maximum absolute atomic E-state index is 12.4. The molecule has 3 rings (SSSR count). The van der Waals surface area contributed by atoms with E-state index in [1.54, 1.807) is 30.3 Å². The summed E-state index contributed by atoms with van der Waals surface area (Å²) in [7, 11) is 0. The first-order valence-corrected chi connectivity index (χ1v) is 8.96. The molecule has 0 bridgehead atoms. The predicted octanol–water partition coefficient (Wildman–Crippen LogP) is 4.32. The highest BCUT2D eigenvalue weighted by Crippen LogP contribution is 2.24. The number of hydrogen-bond donors (Lipinski definition) is 2. The molecule has 156 valence electrons. The van der Waals surface area contributed by atoms with Crippen molar-refractivity contribution < 1.29 is 19.4 Å². The van der Waals surface area contributed by atoms with Crippen LogP contribution < -0.4 is 10.6 Å². The van der Waals surface area contributed by atoms with Gasteiger partial charge in [-0.05, 0) is 43.3 Å². The van der Waals surface area contributed by atoms with Crippen LogP contribution >= 0.6 is 0 Å². The summed E-state index contributed by atoms with van der Waals surface area (Å²) in [5.41, 5.74) is 0.944. The summed E-state index contributed by atoms with van der Waals surface area (Å²) >= 11 is 0. The molecular formula is C21H16N4O6. The SMILES string of the molecule is Cc1cccc(C(=O)Nc2ccc(NC(=O)c3cc([N+](=O)[O-])cc([N+](=O)[O-])c3)cc2)c1. The van der Waals surface area contributed by atoms with Crippen LogP contribution in [-0.4, -0.2) is 21.7 Å². The van der Waals surface area contributed by atoms with Crippen LogP contribution in [0.1, 0.15) is 26.3 Å². The molecule has 2 N–H and O–H groups in total. The molecule has 0 aliphatic heterocycles. The van der Waals surface area contributed by atoms with Crippen LogP contribution in [-0.2, 0) is 0 Å². The van der Waals surface area contributed by atoms with Crippen molar-refractivity contribution in [3.8, 4) is 0 Å². The minimum absolute atomic E-state index is 0.224. The number of amides is 2. The number of carbonyl (C=O) groups excluding carboxylic acids is 2. The van der Waals surface area contributed by atoms with Crippen molar-refractivity contribution in [1.82, 2.24) is 0 Å². The zero-order valence-corrected chi connectivity index (χ0v) is 16.2. The lowest BCUT2D eigenvalue weighted by atomic mass is 10.1. The first-order valence-electron chi connectivity index (χ1n) is 8.96. The summed E-state index contributed by atoms with van der Waals surface area (Å²) in [4.78, 5) is 45.0. The second-order valence-corrected chi connectivity index (χ2v) is 6.61. The molecule has 0 fully saturated rings. The molecular weight excluding hydrogens is 404 g/mol. The molecule has 2 amide bonds. The molecule has 10 nitrogen and oxygen atoms in total. The van der Waals surface area contributed by atoms with Gasteiger partial charge in [-0.3, -0.25) is 29.8 Å². The smallest absolute Gasteiger partial charge is 0.277 e. The summed E-state index contributed by atoms with van der Waals surface area (Å²) < 4.78 is 0. The summed E-state index contributed by atoms with van der Waals surface area (Å²) in [5.74, 6) is -1.03. The normalized spacial score (nSPS) is 10.2. The van der Waals surface area contributed by atoms with Gasteiger partial charge in [-0.2, -0.15) is 0 Å². The van der Waals surface area contributed by atoms with Crippen molar-refractivity contribution in [3.63, 3.8) is 0 Å². The maximum atomic E-state index is 12.4. The second-order valence-electron chi connectivity index (χ2n) is 6.61. The van der Waals surface area contributed by atoms with Crippen molar-refractivity contribution in [2.45, 2.75) is 6.92 Å². The van der Waals surface area contributed by atoms with E-state index in [-0.39, 0.29) is 11.5 Å². The van der Waals surface area contributed by atoms with Gasteiger partial charge in [0.15, 0.2) is 0 Å². The molecule has 10 heteroatoms. The number of benzene rings is 3. The van der Waals surface area contributed by atoms with Gasteiger partial charge >= 0.3 is 0 Å². The molecule has 0 radical (unpaired) electrons. The molecule has 0 saturated carbocycles. The van der Waals surface area contributed by atoms with Gasteiger partial charge in [-0.15, -0.1) is 0 Å². The molecule has 0 aromatic heterocycles. The fraction of sp³-hybridized carbons (Fsp3) is 0.0476. The van der Waals surface area contributed by atoms with Gasteiger partial charge in [-0.1, -0.05) is 17.7 Å². The van der Waals surface area contributed by atoms with Crippen LogP contribution in [0.5, 0.6) is 0 Å². The molecule has 0 unspecified atom stereocenters. The monoisotopic (exact) mass is 420 g/mol. The van der Waals surface area contributed by atoms with Crippen molar-refractivity contribution in [3.05, 3.63) is 104 Å². The lowest BCUT2D eigenvalue weighted by Gasteiger charge is -2.09. The van der Waals surface area contributed by atoms with E-state index in [0.717, 1.165) is 23.8 Å².